The minimum atomic E-state index is -5.16. The van der Waals surface area contributed by atoms with Crippen molar-refractivity contribution in [3.8, 4) is 23.6 Å². The molecular weight excluding hydrogens is 536 g/mol. The topological polar surface area (TPSA) is 144 Å². The molecule has 1 aliphatic rings. The zero-order valence-electron chi connectivity index (χ0n) is 18.2. The van der Waals surface area contributed by atoms with Gasteiger partial charge in [0, 0.05) is 12.6 Å². The number of nitrogens with zero attached hydrogens (tertiary/aromatic N) is 3. The van der Waals surface area contributed by atoms with Gasteiger partial charge >= 0.3 is 12.5 Å². The van der Waals surface area contributed by atoms with E-state index in [1.165, 1.54) is 12.1 Å². The number of alkyl halides is 6. The Kier molecular flexibility index (Phi) is 7.35. The van der Waals surface area contributed by atoms with E-state index in [-0.39, 0.29) is 5.75 Å². The Morgan fingerprint density at radius 1 is 1.05 bits per heavy atom. The molecule has 0 bridgehead atoms. The molecule has 2 aromatic rings. The van der Waals surface area contributed by atoms with Crippen LogP contribution in [-0.2, 0) is 16.2 Å². The minimum absolute atomic E-state index is 0.341. The van der Waals surface area contributed by atoms with Gasteiger partial charge in [-0.1, -0.05) is 0 Å². The fraction of sp³-hybridized carbons (Fsp3) is 0.333. The number of benzene rings is 2. The third-order valence-electron chi connectivity index (χ3n) is 5.32. The van der Waals surface area contributed by atoms with Crippen LogP contribution >= 0.6 is 0 Å². The fourth-order valence-electron chi connectivity index (χ4n) is 3.51. The molecule has 1 fully saturated rings. The minimum Gasteiger partial charge on any atom is -0.486 e. The highest BCUT2D eigenvalue weighted by Gasteiger charge is 2.51. The summed E-state index contributed by atoms with van der Waals surface area (Å²) in [4.78, 5) is -0.803. The number of β-amino-alcohol motifs (C(OH)–C–C–N with tert-alkyl or cyclic N) is 1. The third-order valence-corrected chi connectivity index (χ3v) is 7.19. The second-order valence-corrected chi connectivity index (χ2v) is 9.71. The van der Waals surface area contributed by atoms with Crippen LogP contribution in [0.4, 0.5) is 26.3 Å². The van der Waals surface area contributed by atoms with Crippen LogP contribution in [0.3, 0.4) is 0 Å². The smallest absolute Gasteiger partial charge is 0.486 e. The molecule has 0 aromatic heterocycles. The molecule has 198 valence electrons. The molecule has 2 N–H and O–H groups in total. The molecule has 16 heteroatoms. The molecule has 0 radical (unpaired) electrons. The van der Waals surface area contributed by atoms with E-state index >= 15 is 0 Å². The van der Waals surface area contributed by atoms with Gasteiger partial charge in [-0.2, -0.15) is 28.0 Å². The lowest BCUT2D eigenvalue weighted by Crippen LogP contribution is -2.48. The largest absolute Gasteiger partial charge is 0.573 e. The molecule has 1 saturated heterocycles. The first-order valence-corrected chi connectivity index (χ1v) is 11.4. The van der Waals surface area contributed by atoms with Crippen LogP contribution in [-0.4, -0.2) is 60.7 Å². The molecular formula is C21H15F6N3O6S. The fourth-order valence-corrected chi connectivity index (χ4v) is 5.13. The number of hydrogen-bond donors (Lipinski definition) is 2. The molecule has 37 heavy (non-hydrogen) atoms. The highest BCUT2D eigenvalue weighted by molar-refractivity contribution is 7.89. The van der Waals surface area contributed by atoms with E-state index in [4.69, 9.17) is 10.00 Å². The van der Waals surface area contributed by atoms with Gasteiger partial charge in [0.1, 0.15) is 29.6 Å². The summed E-state index contributed by atoms with van der Waals surface area (Å²) in [5.41, 5.74) is -4.91. The van der Waals surface area contributed by atoms with Gasteiger partial charge < -0.3 is 19.7 Å². The monoisotopic (exact) mass is 551 g/mol. The Morgan fingerprint density at radius 3 is 2.24 bits per heavy atom. The van der Waals surface area contributed by atoms with Crippen LogP contribution in [0.15, 0.2) is 41.3 Å². The summed E-state index contributed by atoms with van der Waals surface area (Å²) in [6, 6.07) is 6.86. The van der Waals surface area contributed by atoms with Crippen LogP contribution in [0.5, 0.6) is 11.5 Å². The van der Waals surface area contributed by atoms with Gasteiger partial charge in [0.2, 0.25) is 10.0 Å². The maximum atomic E-state index is 13.1. The van der Waals surface area contributed by atoms with Gasteiger partial charge in [0.05, 0.1) is 34.7 Å². The number of ether oxygens (including phenoxy) is 2. The van der Waals surface area contributed by atoms with E-state index < -0.39 is 81.3 Å². The molecule has 0 spiro atoms. The van der Waals surface area contributed by atoms with Crippen molar-refractivity contribution in [3.63, 3.8) is 0 Å². The highest BCUT2D eigenvalue weighted by atomic mass is 32.2. The Bertz CT molecular complexity index is 1380. The number of halogens is 6. The first kappa shape index (κ1) is 28.0. The summed E-state index contributed by atoms with van der Waals surface area (Å²) >= 11 is 0. The summed E-state index contributed by atoms with van der Waals surface area (Å²) in [5, 5.41) is 38.7. The molecule has 1 aliphatic heterocycles. The normalized spacial score (nSPS) is 20.8. The van der Waals surface area contributed by atoms with Crippen LogP contribution in [0.2, 0.25) is 0 Å². The molecule has 0 aliphatic carbocycles. The first-order chi connectivity index (χ1) is 17.0. The van der Waals surface area contributed by atoms with Gasteiger partial charge in [-0.25, -0.2) is 8.42 Å². The van der Waals surface area contributed by atoms with Crippen LogP contribution in [0.25, 0.3) is 0 Å². The second kappa shape index (κ2) is 9.71. The average molecular weight is 551 g/mol. The number of hydrogen-bond acceptors (Lipinski definition) is 8. The lowest BCUT2D eigenvalue weighted by atomic mass is 10.0. The van der Waals surface area contributed by atoms with E-state index in [0.29, 0.717) is 28.6 Å². The quantitative estimate of drug-likeness (QED) is 0.522. The van der Waals surface area contributed by atoms with Crippen LogP contribution in [0.1, 0.15) is 16.7 Å². The highest BCUT2D eigenvalue weighted by Crippen LogP contribution is 2.36. The molecule has 2 atom stereocenters. The predicted molar refractivity (Wildman–Crippen MR) is 109 cm³/mol. The van der Waals surface area contributed by atoms with Gasteiger partial charge in [-0.05, 0) is 30.3 Å². The summed E-state index contributed by atoms with van der Waals surface area (Å²) in [7, 11) is -4.72. The maximum Gasteiger partial charge on any atom is 0.573 e. The van der Waals surface area contributed by atoms with Gasteiger partial charge in [-0.15, -0.1) is 13.2 Å². The van der Waals surface area contributed by atoms with E-state index in [1.807, 2.05) is 0 Å². The average Bonchev–Trinajstić information content (AvgIpc) is 3.14. The lowest BCUT2D eigenvalue weighted by Gasteiger charge is -2.27. The summed E-state index contributed by atoms with van der Waals surface area (Å²) in [5.74, 6) is -1.33. The van der Waals surface area contributed by atoms with Crippen molar-refractivity contribution in [2.45, 2.75) is 29.1 Å². The Morgan fingerprint density at radius 2 is 1.70 bits per heavy atom. The number of nitriles is 2. The Balaban J connectivity index is 1.94. The number of rotatable bonds is 6. The molecule has 0 amide bonds. The van der Waals surface area contributed by atoms with Crippen molar-refractivity contribution in [1.29, 1.82) is 10.5 Å². The van der Waals surface area contributed by atoms with Crippen molar-refractivity contribution < 1.29 is 54.4 Å². The van der Waals surface area contributed by atoms with E-state index in [9.17, 15) is 50.2 Å². The van der Waals surface area contributed by atoms with Crippen molar-refractivity contribution >= 4 is 10.0 Å². The molecule has 9 nitrogen and oxygen atoms in total. The van der Waals surface area contributed by atoms with Crippen LogP contribution in [0, 0.1) is 22.7 Å². The van der Waals surface area contributed by atoms with Crippen molar-refractivity contribution in [3.05, 3.63) is 53.1 Å². The Hall–Kier alpha value is -3.57. The SMILES string of the molecule is N#Cc1ccc(O[C@H]2CN(S(=O)(=O)c3ccc(C(F)(F)F)cc3C#N)C[C@@]2(O)CO)cc1OC(F)(F)F. The number of sulfonamides is 1. The van der Waals surface area contributed by atoms with Crippen molar-refractivity contribution in [1.82, 2.24) is 4.31 Å². The number of aliphatic hydroxyl groups excluding tert-OH is 1. The molecule has 3 rings (SSSR count). The molecule has 1 heterocycles. The van der Waals surface area contributed by atoms with E-state index in [0.717, 1.165) is 12.1 Å². The van der Waals surface area contributed by atoms with Gasteiger partial charge in [-0.3, -0.25) is 0 Å². The number of aliphatic hydroxyl groups is 2. The van der Waals surface area contributed by atoms with Crippen LogP contribution < -0.4 is 9.47 Å². The maximum absolute atomic E-state index is 13.1. The standard InChI is InChI=1S/C21H15F6N3O6S/c22-20(23,24)14-2-4-17(13(5-14)8-29)37(33,34)30-9-18(19(32,10-30)11-31)35-15-3-1-12(7-28)16(6-15)36-21(25,26)27/h1-6,18,31-32H,9-11H2/t18-,19+/m0/s1. The van der Waals surface area contributed by atoms with Crippen molar-refractivity contribution in [2.24, 2.45) is 0 Å². The van der Waals surface area contributed by atoms with Crippen molar-refractivity contribution in [2.75, 3.05) is 19.7 Å². The van der Waals surface area contributed by atoms with E-state index in [1.54, 1.807) is 0 Å². The van der Waals surface area contributed by atoms with Gasteiger partial charge in [0.15, 0.2) is 5.75 Å². The third kappa shape index (κ3) is 5.89. The Labute approximate surface area is 205 Å². The molecule has 2 aromatic carbocycles. The zero-order valence-corrected chi connectivity index (χ0v) is 19.0. The second-order valence-electron chi connectivity index (χ2n) is 7.80. The summed E-state index contributed by atoms with van der Waals surface area (Å²) in [6.07, 6.45) is -11.6. The van der Waals surface area contributed by atoms with Gasteiger partial charge in [0.25, 0.3) is 0 Å². The predicted octanol–water partition coefficient (Wildman–Crippen LogP) is 2.52. The zero-order chi connectivity index (χ0) is 27.8. The first-order valence-electron chi connectivity index (χ1n) is 9.95. The lowest BCUT2D eigenvalue weighted by molar-refractivity contribution is -0.274. The molecule has 0 saturated carbocycles. The summed E-state index contributed by atoms with van der Waals surface area (Å²) < 4.78 is 113. The molecule has 0 unspecified atom stereocenters. The summed E-state index contributed by atoms with van der Waals surface area (Å²) in [6.45, 7) is -2.62. The van der Waals surface area contributed by atoms with E-state index in [2.05, 4.69) is 4.74 Å².